The maximum absolute atomic E-state index is 0. The third-order valence-corrected chi connectivity index (χ3v) is 0. The van der Waals surface area contributed by atoms with E-state index in [9.17, 15) is 0 Å². The first-order valence-corrected chi connectivity index (χ1v) is 0. The zero-order valence-corrected chi connectivity index (χ0v) is 11.9. The summed E-state index contributed by atoms with van der Waals surface area (Å²) in [6.45, 7) is 0. The van der Waals surface area contributed by atoms with Crippen molar-refractivity contribution in [3.05, 3.63) is 0 Å². The number of hydrogen-bond donors (Lipinski definition) is 0. The number of hydrogen-bond acceptors (Lipinski definition) is 0. The van der Waals surface area contributed by atoms with E-state index in [4.69, 9.17) is 0 Å². The molecule has 0 heterocycles. The standard InChI is InChI=1S/3BrH.K.Pd/h3*1H;;/q;;;+1;+2/p-3. The monoisotopic (exact) mass is 382 g/mol. The summed E-state index contributed by atoms with van der Waals surface area (Å²) >= 11 is 0. The van der Waals surface area contributed by atoms with Gasteiger partial charge in [0, 0.05) is 0 Å². The molecule has 0 nitrogen and oxygen atoms in total. The number of rotatable bonds is 0. The molecule has 0 aromatic rings. The van der Waals surface area contributed by atoms with E-state index < -0.39 is 0 Å². The van der Waals surface area contributed by atoms with Crippen LogP contribution in [0, 0.1) is 0 Å². The summed E-state index contributed by atoms with van der Waals surface area (Å²) in [6.07, 6.45) is 0. The second kappa shape index (κ2) is 25.1. The third-order valence-electron chi connectivity index (χ3n) is 0. The molecule has 0 aliphatic carbocycles. The van der Waals surface area contributed by atoms with Gasteiger partial charge in [-0.25, -0.2) is 0 Å². The molecule has 0 N–H and O–H groups in total. The van der Waals surface area contributed by atoms with E-state index in [1.807, 2.05) is 0 Å². The van der Waals surface area contributed by atoms with Crippen molar-refractivity contribution < 1.29 is 123 Å². The van der Waals surface area contributed by atoms with Crippen LogP contribution in [0.3, 0.4) is 0 Å². The minimum atomic E-state index is 0. The summed E-state index contributed by atoms with van der Waals surface area (Å²) < 4.78 is 0. The van der Waals surface area contributed by atoms with E-state index in [1.54, 1.807) is 0 Å². The summed E-state index contributed by atoms with van der Waals surface area (Å²) in [5, 5.41) is 0. The van der Waals surface area contributed by atoms with Gasteiger partial charge in [-0.1, -0.05) is 0 Å². The van der Waals surface area contributed by atoms with E-state index in [0.29, 0.717) is 0 Å². The van der Waals surface area contributed by atoms with Crippen LogP contribution in [0.4, 0.5) is 0 Å². The Morgan fingerprint density at radius 2 is 0.600 bits per heavy atom. The Labute approximate surface area is 120 Å². The van der Waals surface area contributed by atoms with Crippen molar-refractivity contribution in [1.82, 2.24) is 0 Å². The van der Waals surface area contributed by atoms with Crippen molar-refractivity contribution in [2.75, 3.05) is 0 Å². The maximum Gasteiger partial charge on any atom is 2.00 e. The van der Waals surface area contributed by atoms with Crippen molar-refractivity contribution in [2.24, 2.45) is 0 Å². The van der Waals surface area contributed by atoms with E-state index in [1.165, 1.54) is 0 Å². The molecule has 0 rings (SSSR count). The molecule has 0 radical (unpaired) electrons. The van der Waals surface area contributed by atoms with Gasteiger partial charge in [-0.15, -0.1) is 0 Å². The predicted octanol–water partition coefficient (Wildman–Crippen LogP) is -12.0. The smallest absolute Gasteiger partial charge is 1.00 e. The Hall–Kier alpha value is 3.74. The predicted molar refractivity (Wildman–Crippen MR) is 0 cm³/mol. The Morgan fingerprint density at radius 3 is 0.600 bits per heavy atom. The molecule has 0 aliphatic heterocycles. The van der Waals surface area contributed by atoms with Crippen molar-refractivity contribution in [1.29, 1.82) is 0 Å². The Bertz CT molecular complexity index is 6.85. The van der Waals surface area contributed by atoms with Crippen LogP contribution in [0.1, 0.15) is 0 Å². The average Bonchev–Trinajstić information content (AvgIpc) is 0. The van der Waals surface area contributed by atoms with Crippen LogP contribution in [-0.2, 0) is 20.4 Å². The second-order valence-electron chi connectivity index (χ2n) is 0. The first-order valence-electron chi connectivity index (χ1n) is 0. The van der Waals surface area contributed by atoms with Gasteiger partial charge in [-0.2, -0.15) is 0 Å². The van der Waals surface area contributed by atoms with Gasteiger partial charge >= 0.3 is 71.8 Å². The molecule has 5 heavy (non-hydrogen) atoms. The Balaban J connectivity index is 0. The molecule has 0 aromatic carbocycles. The number of halogens is 3. The van der Waals surface area contributed by atoms with Crippen LogP contribution in [0.25, 0.3) is 0 Å². The molecule has 0 atom stereocenters. The fraction of sp³-hybridized carbons (Fsp3) is 0. The molecule has 0 fully saturated rings. The third kappa shape index (κ3) is 18.2. The largest absolute Gasteiger partial charge is 2.00 e. The topological polar surface area (TPSA) is 0 Å². The molecular weight excluding hydrogens is 385 g/mol. The van der Waals surface area contributed by atoms with Gasteiger partial charge in [-0.3, -0.25) is 0 Å². The van der Waals surface area contributed by atoms with Crippen LogP contribution < -0.4 is 102 Å². The molecule has 0 aromatic heterocycles. The molecule has 0 unspecified atom stereocenters. The summed E-state index contributed by atoms with van der Waals surface area (Å²) in [6, 6.07) is 0. The van der Waals surface area contributed by atoms with E-state index in [-0.39, 0.29) is 123 Å². The molecule has 0 amide bonds. The molecule has 0 aliphatic rings. The van der Waals surface area contributed by atoms with Gasteiger partial charge in [0.25, 0.3) is 0 Å². The van der Waals surface area contributed by atoms with Crippen LogP contribution in [0.5, 0.6) is 0 Å². The maximum atomic E-state index is 0. The SMILES string of the molecule is [Br-].[Br-].[Br-].[K+].[Pd+2]. The van der Waals surface area contributed by atoms with Crippen molar-refractivity contribution in [2.45, 2.75) is 0 Å². The normalized spacial score (nSPS) is 0. The molecule has 0 spiro atoms. The second-order valence-corrected chi connectivity index (χ2v) is 0. The molecule has 5 heteroatoms. The van der Waals surface area contributed by atoms with Crippen molar-refractivity contribution >= 4 is 0 Å². The van der Waals surface area contributed by atoms with Gasteiger partial charge < -0.3 is 50.9 Å². The van der Waals surface area contributed by atoms with Gasteiger partial charge in [0.15, 0.2) is 0 Å². The van der Waals surface area contributed by atoms with Gasteiger partial charge in [0.1, 0.15) is 0 Å². The van der Waals surface area contributed by atoms with Gasteiger partial charge in [0.2, 0.25) is 0 Å². The average molecular weight is 385 g/mol. The zero-order chi connectivity index (χ0) is 0. The van der Waals surface area contributed by atoms with Crippen LogP contribution in [-0.4, -0.2) is 0 Å². The van der Waals surface area contributed by atoms with Gasteiger partial charge in [-0.05, 0) is 0 Å². The minimum Gasteiger partial charge on any atom is -1.00 e. The molecule has 32 valence electrons. The molecule has 0 bridgehead atoms. The quantitative estimate of drug-likeness (QED) is 0.364. The van der Waals surface area contributed by atoms with E-state index in [0.717, 1.165) is 0 Å². The Kier molecular flexibility index (Phi) is 188. The fourth-order valence-corrected chi connectivity index (χ4v) is 0. The van der Waals surface area contributed by atoms with Crippen LogP contribution >= 0.6 is 0 Å². The zero-order valence-electron chi connectivity index (χ0n) is 2.45. The molecule has 0 saturated heterocycles. The van der Waals surface area contributed by atoms with Gasteiger partial charge in [0.05, 0.1) is 0 Å². The summed E-state index contributed by atoms with van der Waals surface area (Å²) in [5.41, 5.74) is 0. The fourth-order valence-electron chi connectivity index (χ4n) is 0. The van der Waals surface area contributed by atoms with Crippen LogP contribution in [0.2, 0.25) is 0 Å². The minimum absolute atomic E-state index is 0. The Morgan fingerprint density at radius 1 is 0.600 bits per heavy atom. The summed E-state index contributed by atoms with van der Waals surface area (Å²) in [5.74, 6) is 0. The van der Waals surface area contributed by atoms with E-state index in [2.05, 4.69) is 0 Å². The molecule has 0 saturated carbocycles. The first-order chi connectivity index (χ1) is 0. The molecular formula is Br3KPd. The van der Waals surface area contributed by atoms with Crippen molar-refractivity contribution in [3.63, 3.8) is 0 Å². The first kappa shape index (κ1) is 37.4. The van der Waals surface area contributed by atoms with E-state index >= 15 is 0 Å². The van der Waals surface area contributed by atoms with Crippen LogP contribution in [0.15, 0.2) is 0 Å². The van der Waals surface area contributed by atoms with Crippen molar-refractivity contribution in [3.8, 4) is 0 Å². The summed E-state index contributed by atoms with van der Waals surface area (Å²) in [7, 11) is 0. The summed E-state index contributed by atoms with van der Waals surface area (Å²) in [4.78, 5) is 0.